The van der Waals surface area contributed by atoms with Crippen LogP contribution in [0.15, 0.2) is 54.6 Å². The van der Waals surface area contributed by atoms with Gasteiger partial charge in [0.15, 0.2) is 0 Å². The Hall–Kier alpha value is -2.27. The van der Waals surface area contributed by atoms with E-state index in [1.807, 2.05) is 47.4 Å². The minimum Gasteiger partial charge on any atom is -0.352 e. The highest BCUT2D eigenvalue weighted by Crippen LogP contribution is 2.38. The number of carbonyl (C=O) groups is 2. The fourth-order valence-corrected chi connectivity index (χ4v) is 4.46. The Bertz CT molecular complexity index is 790. The van der Waals surface area contributed by atoms with Gasteiger partial charge in [-0.25, -0.2) is 0 Å². The molecule has 0 spiro atoms. The number of amides is 2. The van der Waals surface area contributed by atoms with Crippen molar-refractivity contribution in [3.63, 3.8) is 0 Å². The number of carbonyl (C=O) groups excluding carboxylic acids is 2. The summed E-state index contributed by atoms with van der Waals surface area (Å²) in [7, 11) is 0. The number of thioether (sulfide) groups is 1. The van der Waals surface area contributed by atoms with Crippen molar-refractivity contribution in [2.75, 3.05) is 18.8 Å². The summed E-state index contributed by atoms with van der Waals surface area (Å²) in [6, 6.07) is 17.9. The third-order valence-corrected chi connectivity index (χ3v) is 6.17. The largest absolute Gasteiger partial charge is 0.352 e. The van der Waals surface area contributed by atoms with Crippen LogP contribution in [-0.4, -0.2) is 35.6 Å². The second-order valence-corrected chi connectivity index (χ2v) is 8.62. The van der Waals surface area contributed by atoms with Crippen LogP contribution >= 0.6 is 11.8 Å². The zero-order valence-corrected chi connectivity index (χ0v) is 17.4. The molecule has 2 amide bonds. The van der Waals surface area contributed by atoms with Crippen LogP contribution in [0.2, 0.25) is 0 Å². The predicted octanol–water partition coefficient (Wildman–Crippen LogP) is 4.28. The van der Waals surface area contributed by atoms with Crippen LogP contribution in [-0.2, 0) is 11.2 Å². The molecule has 4 nitrogen and oxygen atoms in total. The standard InChI is InChI=1S/C23H28N2O2S/c1-17(2)12-14-24-22(27)19-8-10-20(11-9-19)23-25(21(26)16-28-23)15-13-18-6-4-3-5-7-18/h3-11,17,23H,12-16H2,1-2H3,(H,24,27)/t23-/m1/s1. The molecule has 1 aliphatic heterocycles. The van der Waals surface area contributed by atoms with Gasteiger partial charge in [0.1, 0.15) is 5.37 Å². The first-order chi connectivity index (χ1) is 13.5. The van der Waals surface area contributed by atoms with Gasteiger partial charge in [-0.2, -0.15) is 0 Å². The topological polar surface area (TPSA) is 49.4 Å². The molecule has 2 aromatic carbocycles. The first-order valence-electron chi connectivity index (χ1n) is 9.87. The Morgan fingerprint density at radius 3 is 2.54 bits per heavy atom. The van der Waals surface area contributed by atoms with Gasteiger partial charge in [0.25, 0.3) is 5.91 Å². The minimum atomic E-state index is -0.0386. The zero-order valence-electron chi connectivity index (χ0n) is 16.6. The van der Waals surface area contributed by atoms with E-state index >= 15 is 0 Å². The van der Waals surface area contributed by atoms with E-state index in [0.29, 0.717) is 30.3 Å². The summed E-state index contributed by atoms with van der Waals surface area (Å²) in [6.07, 6.45) is 1.82. The van der Waals surface area contributed by atoms with Gasteiger partial charge >= 0.3 is 0 Å². The monoisotopic (exact) mass is 396 g/mol. The normalized spacial score (nSPS) is 16.6. The summed E-state index contributed by atoms with van der Waals surface area (Å²) in [5.74, 6) is 1.22. The van der Waals surface area contributed by atoms with Gasteiger partial charge < -0.3 is 10.2 Å². The molecule has 5 heteroatoms. The fraction of sp³-hybridized carbons (Fsp3) is 0.391. The van der Waals surface area contributed by atoms with Gasteiger partial charge in [0, 0.05) is 18.7 Å². The highest BCUT2D eigenvalue weighted by molar-refractivity contribution is 8.00. The Balaban J connectivity index is 1.61. The molecule has 0 bridgehead atoms. The molecule has 28 heavy (non-hydrogen) atoms. The molecule has 3 rings (SSSR count). The lowest BCUT2D eigenvalue weighted by molar-refractivity contribution is -0.128. The van der Waals surface area contributed by atoms with Crippen LogP contribution in [0.4, 0.5) is 0 Å². The number of nitrogens with one attached hydrogen (secondary N) is 1. The van der Waals surface area contributed by atoms with Crippen molar-refractivity contribution in [1.82, 2.24) is 10.2 Å². The molecule has 0 aromatic heterocycles. The van der Waals surface area contributed by atoms with Crippen molar-refractivity contribution in [1.29, 1.82) is 0 Å². The summed E-state index contributed by atoms with van der Waals surface area (Å²) >= 11 is 1.65. The number of hydrogen-bond donors (Lipinski definition) is 1. The molecular weight excluding hydrogens is 368 g/mol. The number of hydrogen-bond acceptors (Lipinski definition) is 3. The van der Waals surface area contributed by atoms with Crippen molar-refractivity contribution < 1.29 is 9.59 Å². The Morgan fingerprint density at radius 2 is 1.86 bits per heavy atom. The van der Waals surface area contributed by atoms with E-state index in [-0.39, 0.29) is 17.2 Å². The van der Waals surface area contributed by atoms with Gasteiger partial charge in [0.05, 0.1) is 5.75 Å². The lowest BCUT2D eigenvalue weighted by Gasteiger charge is -2.24. The van der Waals surface area contributed by atoms with E-state index < -0.39 is 0 Å². The average molecular weight is 397 g/mol. The van der Waals surface area contributed by atoms with Crippen LogP contribution in [0, 0.1) is 5.92 Å². The Labute approximate surface area is 171 Å². The summed E-state index contributed by atoms with van der Waals surface area (Å²) in [5.41, 5.74) is 2.97. The molecule has 1 heterocycles. The van der Waals surface area contributed by atoms with E-state index in [0.717, 1.165) is 18.4 Å². The maximum Gasteiger partial charge on any atom is 0.251 e. The van der Waals surface area contributed by atoms with Crippen LogP contribution in [0.1, 0.15) is 47.1 Å². The maximum absolute atomic E-state index is 12.4. The number of nitrogens with zero attached hydrogens (tertiary/aromatic N) is 1. The highest BCUT2D eigenvalue weighted by atomic mass is 32.2. The lowest BCUT2D eigenvalue weighted by atomic mass is 10.1. The third-order valence-electron chi connectivity index (χ3n) is 4.92. The predicted molar refractivity (Wildman–Crippen MR) is 115 cm³/mol. The Kier molecular flexibility index (Phi) is 7.15. The van der Waals surface area contributed by atoms with E-state index in [9.17, 15) is 9.59 Å². The van der Waals surface area contributed by atoms with Crippen LogP contribution in [0.3, 0.4) is 0 Å². The molecule has 1 atom stereocenters. The molecule has 1 N–H and O–H groups in total. The second-order valence-electron chi connectivity index (χ2n) is 7.55. The molecule has 0 aliphatic carbocycles. The average Bonchev–Trinajstić information content (AvgIpc) is 3.07. The van der Waals surface area contributed by atoms with Crippen molar-refractivity contribution in [3.05, 3.63) is 71.3 Å². The molecule has 0 saturated carbocycles. The van der Waals surface area contributed by atoms with Crippen LogP contribution in [0.5, 0.6) is 0 Å². The van der Waals surface area contributed by atoms with Gasteiger partial charge in [-0.3, -0.25) is 9.59 Å². The first kappa shape index (κ1) is 20.5. The lowest BCUT2D eigenvalue weighted by Crippen LogP contribution is -2.30. The second kappa shape index (κ2) is 9.78. The molecule has 1 fully saturated rings. The van der Waals surface area contributed by atoms with Crippen molar-refractivity contribution in [2.24, 2.45) is 5.92 Å². The summed E-state index contributed by atoms with van der Waals surface area (Å²) in [5, 5.41) is 2.99. The molecule has 1 aliphatic rings. The molecule has 2 aromatic rings. The fourth-order valence-electron chi connectivity index (χ4n) is 3.24. The first-order valence-corrected chi connectivity index (χ1v) is 10.9. The van der Waals surface area contributed by atoms with E-state index in [4.69, 9.17) is 0 Å². The van der Waals surface area contributed by atoms with Crippen molar-refractivity contribution >= 4 is 23.6 Å². The van der Waals surface area contributed by atoms with Gasteiger partial charge in [0.2, 0.25) is 5.91 Å². The van der Waals surface area contributed by atoms with Gasteiger partial charge in [-0.1, -0.05) is 56.3 Å². The number of rotatable bonds is 8. The maximum atomic E-state index is 12.4. The van der Waals surface area contributed by atoms with E-state index in [1.54, 1.807) is 11.8 Å². The van der Waals surface area contributed by atoms with E-state index in [2.05, 4.69) is 31.3 Å². The molecule has 148 valence electrons. The van der Waals surface area contributed by atoms with Crippen molar-refractivity contribution in [3.8, 4) is 0 Å². The molecule has 0 unspecified atom stereocenters. The molecule has 1 saturated heterocycles. The van der Waals surface area contributed by atoms with Crippen LogP contribution in [0.25, 0.3) is 0 Å². The molecular formula is C23H28N2O2S. The summed E-state index contributed by atoms with van der Waals surface area (Å²) in [4.78, 5) is 26.6. The minimum absolute atomic E-state index is 0.0225. The van der Waals surface area contributed by atoms with E-state index in [1.165, 1.54) is 5.56 Å². The molecule has 0 radical (unpaired) electrons. The van der Waals surface area contributed by atoms with Gasteiger partial charge in [-0.15, -0.1) is 11.8 Å². The van der Waals surface area contributed by atoms with Crippen molar-refractivity contribution in [2.45, 2.75) is 32.1 Å². The highest BCUT2D eigenvalue weighted by Gasteiger charge is 2.32. The summed E-state index contributed by atoms with van der Waals surface area (Å²) < 4.78 is 0. The third kappa shape index (κ3) is 5.38. The smallest absolute Gasteiger partial charge is 0.251 e. The van der Waals surface area contributed by atoms with Crippen LogP contribution < -0.4 is 5.32 Å². The number of benzene rings is 2. The zero-order chi connectivity index (χ0) is 19.9. The Morgan fingerprint density at radius 1 is 1.14 bits per heavy atom. The van der Waals surface area contributed by atoms with Gasteiger partial charge in [-0.05, 0) is 42.0 Å². The SMILES string of the molecule is CC(C)CCNC(=O)c1ccc([C@H]2SCC(=O)N2CCc2ccccc2)cc1. The quantitative estimate of drug-likeness (QED) is 0.725. The summed E-state index contributed by atoms with van der Waals surface area (Å²) in [6.45, 7) is 5.69.